The summed E-state index contributed by atoms with van der Waals surface area (Å²) in [5.74, 6) is 0.115. The molecule has 144 valence electrons. The second-order valence-electron chi connectivity index (χ2n) is 6.65. The number of carbonyl (C=O) groups is 1. The predicted molar refractivity (Wildman–Crippen MR) is 97.3 cm³/mol. The lowest BCUT2D eigenvalue weighted by Gasteiger charge is -2.38. The van der Waals surface area contributed by atoms with Gasteiger partial charge in [0.1, 0.15) is 29.0 Å². The van der Waals surface area contributed by atoms with Crippen molar-refractivity contribution in [3.8, 4) is 11.5 Å². The van der Waals surface area contributed by atoms with Crippen LogP contribution < -0.4 is 9.47 Å². The zero-order valence-electron chi connectivity index (χ0n) is 15.4. The second-order valence-corrected chi connectivity index (χ2v) is 6.65. The Hall–Kier alpha value is -2.60. The summed E-state index contributed by atoms with van der Waals surface area (Å²) in [5.41, 5.74) is -0.259. The average molecular weight is 374 g/mol. The number of benzene rings is 2. The summed E-state index contributed by atoms with van der Waals surface area (Å²) in [5, 5.41) is 11.2. The number of ether oxygens (including phenoxy) is 3. The monoisotopic (exact) mass is 374 g/mol. The number of rotatable bonds is 6. The van der Waals surface area contributed by atoms with Gasteiger partial charge in [-0.25, -0.2) is 4.39 Å². The molecular formula is C21H23FO5. The number of methoxy groups -OCH3 is 1. The van der Waals surface area contributed by atoms with Gasteiger partial charge in [-0.2, -0.15) is 0 Å². The predicted octanol–water partition coefficient (Wildman–Crippen LogP) is 3.37. The molecule has 0 radical (unpaired) electrons. The highest BCUT2D eigenvalue weighted by molar-refractivity contribution is 5.71. The van der Waals surface area contributed by atoms with E-state index in [0.717, 1.165) is 11.3 Å². The highest BCUT2D eigenvalue weighted by Crippen LogP contribution is 2.43. The summed E-state index contributed by atoms with van der Waals surface area (Å²) in [6, 6.07) is 11.5. The number of hydrogen-bond donors (Lipinski definition) is 1. The molecule has 27 heavy (non-hydrogen) atoms. The van der Waals surface area contributed by atoms with Gasteiger partial charge in [0, 0.05) is 18.4 Å². The molecule has 5 nitrogen and oxygen atoms in total. The van der Waals surface area contributed by atoms with E-state index in [0.29, 0.717) is 12.2 Å². The third-order valence-corrected chi connectivity index (χ3v) is 4.67. The van der Waals surface area contributed by atoms with Crippen molar-refractivity contribution in [3.63, 3.8) is 0 Å². The van der Waals surface area contributed by atoms with E-state index in [1.165, 1.54) is 18.2 Å². The number of halogens is 1. The molecule has 0 bridgehead atoms. The molecule has 1 heterocycles. The summed E-state index contributed by atoms with van der Waals surface area (Å²) >= 11 is 0. The Labute approximate surface area is 157 Å². The van der Waals surface area contributed by atoms with E-state index >= 15 is 0 Å². The Morgan fingerprint density at radius 3 is 2.70 bits per heavy atom. The Morgan fingerprint density at radius 1 is 1.30 bits per heavy atom. The first-order valence-corrected chi connectivity index (χ1v) is 8.91. The molecule has 1 N–H and O–H groups in total. The van der Waals surface area contributed by atoms with Gasteiger partial charge in [-0.1, -0.05) is 12.1 Å². The van der Waals surface area contributed by atoms with Crippen LogP contribution in [-0.4, -0.2) is 30.9 Å². The van der Waals surface area contributed by atoms with Gasteiger partial charge >= 0.3 is 5.97 Å². The van der Waals surface area contributed by atoms with Crippen molar-refractivity contribution in [3.05, 3.63) is 59.4 Å². The fraction of sp³-hybridized carbons (Fsp3) is 0.381. The quantitative estimate of drug-likeness (QED) is 0.786. The Balaban J connectivity index is 1.86. The van der Waals surface area contributed by atoms with Crippen molar-refractivity contribution >= 4 is 5.97 Å². The van der Waals surface area contributed by atoms with Crippen molar-refractivity contribution in [1.29, 1.82) is 0 Å². The van der Waals surface area contributed by atoms with E-state index in [-0.39, 0.29) is 31.1 Å². The lowest BCUT2D eigenvalue weighted by molar-refractivity contribution is -0.151. The molecule has 0 unspecified atom stereocenters. The van der Waals surface area contributed by atoms with Crippen LogP contribution in [0.1, 0.15) is 30.9 Å². The molecule has 0 aliphatic carbocycles. The maximum atomic E-state index is 13.7. The van der Waals surface area contributed by atoms with Crippen molar-refractivity contribution in [1.82, 2.24) is 0 Å². The van der Waals surface area contributed by atoms with Gasteiger partial charge in [-0.15, -0.1) is 0 Å². The van der Waals surface area contributed by atoms with Crippen LogP contribution in [0.25, 0.3) is 0 Å². The van der Waals surface area contributed by atoms with Gasteiger partial charge in [0.05, 0.1) is 20.1 Å². The molecule has 1 aliphatic rings. The first-order valence-electron chi connectivity index (χ1n) is 8.91. The van der Waals surface area contributed by atoms with Crippen molar-refractivity contribution < 1.29 is 28.5 Å². The van der Waals surface area contributed by atoms with Crippen molar-refractivity contribution in [2.75, 3.05) is 13.7 Å². The van der Waals surface area contributed by atoms with E-state index in [2.05, 4.69) is 0 Å². The van der Waals surface area contributed by atoms with Crippen LogP contribution in [0.2, 0.25) is 0 Å². The van der Waals surface area contributed by atoms with Crippen LogP contribution in [0, 0.1) is 5.82 Å². The summed E-state index contributed by atoms with van der Waals surface area (Å²) < 4.78 is 29.9. The lowest BCUT2D eigenvalue weighted by Crippen LogP contribution is -2.41. The molecule has 3 rings (SSSR count). The first kappa shape index (κ1) is 19.2. The Bertz CT molecular complexity index is 805. The fourth-order valence-corrected chi connectivity index (χ4v) is 3.43. The standard InChI is InChI=1S/C21H23FO5/c1-3-26-20(23)13-21(24)12-17(10-14-4-7-16(25-2)8-5-14)27-19-9-6-15(22)11-18(19)21/h4-9,11,17,24H,3,10,12-13H2,1-2H3/t17-,21-/m1/s1. The van der Waals surface area contributed by atoms with E-state index in [4.69, 9.17) is 14.2 Å². The van der Waals surface area contributed by atoms with Crippen LogP contribution in [0.15, 0.2) is 42.5 Å². The minimum Gasteiger partial charge on any atom is -0.497 e. The van der Waals surface area contributed by atoms with Gasteiger partial charge in [0.25, 0.3) is 0 Å². The molecular weight excluding hydrogens is 351 g/mol. The number of aliphatic hydroxyl groups is 1. The molecule has 2 atom stereocenters. The molecule has 0 saturated carbocycles. The van der Waals surface area contributed by atoms with Crippen molar-refractivity contribution in [2.24, 2.45) is 0 Å². The van der Waals surface area contributed by atoms with Gasteiger partial charge in [0.2, 0.25) is 0 Å². The molecule has 0 spiro atoms. The normalized spacial score (nSPS) is 21.1. The minimum atomic E-state index is -1.54. The molecule has 2 aromatic rings. The van der Waals surface area contributed by atoms with E-state index in [1.54, 1.807) is 14.0 Å². The van der Waals surface area contributed by atoms with Crippen LogP contribution in [0.5, 0.6) is 11.5 Å². The summed E-state index contributed by atoms with van der Waals surface area (Å²) in [6.45, 7) is 1.92. The highest BCUT2D eigenvalue weighted by atomic mass is 19.1. The second kappa shape index (κ2) is 7.96. The van der Waals surface area contributed by atoms with Crippen molar-refractivity contribution in [2.45, 2.75) is 37.9 Å². The summed E-state index contributed by atoms with van der Waals surface area (Å²) in [7, 11) is 1.60. The number of carbonyl (C=O) groups excluding carboxylic acids is 1. The molecule has 6 heteroatoms. The van der Waals surface area contributed by atoms with E-state index < -0.39 is 17.4 Å². The SMILES string of the molecule is CCOC(=O)C[C@]1(O)C[C@@H](Cc2ccc(OC)cc2)Oc2ccc(F)cc21. The molecule has 2 aromatic carbocycles. The topological polar surface area (TPSA) is 65.0 Å². The smallest absolute Gasteiger partial charge is 0.309 e. The molecule has 0 fully saturated rings. The minimum absolute atomic E-state index is 0.161. The van der Waals surface area contributed by atoms with Gasteiger partial charge < -0.3 is 19.3 Å². The maximum absolute atomic E-state index is 13.7. The first-order chi connectivity index (χ1) is 12.9. The van der Waals surface area contributed by atoms with Gasteiger partial charge in [0.15, 0.2) is 0 Å². The highest BCUT2D eigenvalue weighted by Gasteiger charge is 2.42. The Morgan fingerprint density at radius 2 is 2.04 bits per heavy atom. The fourth-order valence-electron chi connectivity index (χ4n) is 3.43. The number of esters is 1. The molecule has 0 amide bonds. The number of hydrogen-bond acceptors (Lipinski definition) is 5. The summed E-state index contributed by atoms with van der Waals surface area (Å²) in [6.07, 6.45) is 0.0794. The summed E-state index contributed by atoms with van der Waals surface area (Å²) in [4.78, 5) is 12.0. The lowest BCUT2D eigenvalue weighted by atomic mass is 9.81. The molecule has 0 aromatic heterocycles. The maximum Gasteiger partial charge on any atom is 0.309 e. The van der Waals surface area contributed by atoms with E-state index in [9.17, 15) is 14.3 Å². The third-order valence-electron chi connectivity index (χ3n) is 4.67. The largest absolute Gasteiger partial charge is 0.497 e. The molecule has 0 saturated heterocycles. The van der Waals surface area contributed by atoms with E-state index in [1.807, 2.05) is 24.3 Å². The van der Waals surface area contributed by atoms with Gasteiger partial charge in [-0.05, 0) is 42.8 Å². The average Bonchev–Trinajstić information content (AvgIpc) is 2.63. The third kappa shape index (κ3) is 4.39. The van der Waals surface area contributed by atoms with Crippen LogP contribution >= 0.6 is 0 Å². The van der Waals surface area contributed by atoms with Crippen LogP contribution in [-0.2, 0) is 21.6 Å². The molecule has 1 aliphatic heterocycles. The number of fused-ring (bicyclic) bond motifs is 1. The zero-order valence-corrected chi connectivity index (χ0v) is 15.4. The zero-order chi connectivity index (χ0) is 19.4. The van der Waals surface area contributed by atoms with Gasteiger partial charge in [-0.3, -0.25) is 4.79 Å². The van der Waals surface area contributed by atoms with Crippen LogP contribution in [0.4, 0.5) is 4.39 Å². The van der Waals surface area contributed by atoms with Crippen LogP contribution in [0.3, 0.4) is 0 Å². The Kier molecular flexibility index (Phi) is 5.65.